The first kappa shape index (κ1) is 20.7. The van der Waals surface area contributed by atoms with Crippen molar-refractivity contribution in [2.75, 3.05) is 18.9 Å². The van der Waals surface area contributed by atoms with Crippen molar-refractivity contribution in [1.29, 1.82) is 0 Å². The Morgan fingerprint density at radius 2 is 1.74 bits per heavy atom. The number of nitrogens with two attached hydrogens (primary N) is 1. The predicted octanol–water partition coefficient (Wildman–Crippen LogP) is 5.66. The Morgan fingerprint density at radius 3 is 2.42 bits per heavy atom. The van der Waals surface area contributed by atoms with E-state index < -0.39 is 6.09 Å². The first-order valence-corrected chi connectivity index (χ1v) is 10.4. The van der Waals surface area contributed by atoms with Crippen LogP contribution in [0.2, 0.25) is 0 Å². The van der Waals surface area contributed by atoms with Crippen molar-refractivity contribution < 1.29 is 13.9 Å². The van der Waals surface area contributed by atoms with E-state index >= 15 is 0 Å². The van der Waals surface area contributed by atoms with Crippen molar-refractivity contribution in [3.63, 3.8) is 0 Å². The van der Waals surface area contributed by atoms with Crippen LogP contribution in [0.15, 0.2) is 66.7 Å². The monoisotopic (exact) mass is 416 g/mol. The van der Waals surface area contributed by atoms with Gasteiger partial charge < -0.3 is 15.8 Å². The van der Waals surface area contributed by atoms with Gasteiger partial charge in [-0.05, 0) is 58.9 Å². The number of ether oxygens (including phenoxy) is 1. The van der Waals surface area contributed by atoms with Crippen LogP contribution in [0.25, 0.3) is 17.2 Å². The van der Waals surface area contributed by atoms with Gasteiger partial charge in [-0.2, -0.15) is 0 Å². The molecule has 0 fully saturated rings. The van der Waals surface area contributed by atoms with Crippen LogP contribution in [0, 0.1) is 12.7 Å². The van der Waals surface area contributed by atoms with E-state index in [0.717, 1.165) is 11.1 Å². The Hall–Kier alpha value is -3.60. The van der Waals surface area contributed by atoms with Crippen LogP contribution in [-0.2, 0) is 4.74 Å². The number of carbonyl (C=O) groups is 1. The Labute approximate surface area is 181 Å². The topological polar surface area (TPSA) is 64.3 Å². The van der Waals surface area contributed by atoms with E-state index in [4.69, 9.17) is 10.5 Å². The number of hydrogen-bond acceptors (Lipinski definition) is 3. The third-order valence-corrected chi connectivity index (χ3v) is 5.67. The lowest BCUT2D eigenvalue weighted by atomic mass is 9.98. The Morgan fingerprint density at radius 1 is 1.10 bits per heavy atom. The van der Waals surface area contributed by atoms with E-state index in [1.165, 1.54) is 34.4 Å². The molecule has 158 valence electrons. The number of nitrogen functional groups attached to an aromatic ring is 1. The molecule has 0 aliphatic heterocycles. The molecule has 0 saturated heterocycles. The van der Waals surface area contributed by atoms with Crippen LogP contribution < -0.4 is 11.1 Å². The minimum Gasteiger partial charge on any atom is -0.449 e. The maximum atomic E-state index is 13.5. The zero-order valence-electron chi connectivity index (χ0n) is 17.4. The molecule has 0 radical (unpaired) electrons. The maximum Gasteiger partial charge on any atom is 0.407 e. The van der Waals surface area contributed by atoms with Crippen molar-refractivity contribution in [2.45, 2.75) is 19.3 Å². The summed E-state index contributed by atoms with van der Waals surface area (Å²) in [6, 6.07) is 19.2. The summed E-state index contributed by atoms with van der Waals surface area (Å²) in [5.41, 5.74) is 12.6. The molecule has 0 aromatic heterocycles. The van der Waals surface area contributed by atoms with Gasteiger partial charge in [0.1, 0.15) is 12.4 Å². The Balaban J connectivity index is 1.29. The molecule has 5 heteroatoms. The zero-order chi connectivity index (χ0) is 21.8. The van der Waals surface area contributed by atoms with Gasteiger partial charge in [0.15, 0.2) is 0 Å². The second kappa shape index (κ2) is 9.04. The number of rotatable bonds is 6. The first-order chi connectivity index (χ1) is 15.0. The summed E-state index contributed by atoms with van der Waals surface area (Å²) in [5.74, 6) is -0.320. The standard InChI is InChI=1S/C26H25FN2O2/c1-17-18(14-19(27)15-25(17)28)8-6-7-13-29-26(30)31-16-24-22-11-4-2-9-20(22)21-10-3-5-12-23(21)24/h2-6,8-12,14-15,24H,7,13,16,28H2,1H3,(H,29,30). The van der Waals surface area contributed by atoms with Gasteiger partial charge in [-0.3, -0.25) is 0 Å². The molecule has 4 rings (SSSR count). The summed E-state index contributed by atoms with van der Waals surface area (Å²) >= 11 is 0. The minimum atomic E-state index is -0.443. The van der Waals surface area contributed by atoms with Crippen LogP contribution in [0.3, 0.4) is 0 Å². The average molecular weight is 416 g/mol. The summed E-state index contributed by atoms with van der Waals surface area (Å²) in [7, 11) is 0. The van der Waals surface area contributed by atoms with Crippen molar-refractivity contribution in [2.24, 2.45) is 0 Å². The molecule has 1 aliphatic rings. The third-order valence-electron chi connectivity index (χ3n) is 5.67. The van der Waals surface area contributed by atoms with Crippen LogP contribution in [0.1, 0.15) is 34.6 Å². The fourth-order valence-electron chi connectivity index (χ4n) is 4.01. The number of halogens is 1. The van der Waals surface area contributed by atoms with Gasteiger partial charge in [0.25, 0.3) is 0 Å². The van der Waals surface area contributed by atoms with Gasteiger partial charge >= 0.3 is 6.09 Å². The Bertz CT molecular complexity index is 1090. The van der Waals surface area contributed by atoms with E-state index in [1.807, 2.05) is 43.3 Å². The normalized spacial score (nSPS) is 12.6. The predicted molar refractivity (Wildman–Crippen MR) is 122 cm³/mol. The number of anilines is 1. The number of benzene rings is 3. The van der Waals surface area contributed by atoms with Crippen molar-refractivity contribution in [3.8, 4) is 11.1 Å². The highest BCUT2D eigenvalue weighted by atomic mass is 19.1. The molecule has 0 atom stereocenters. The molecule has 1 aliphatic carbocycles. The van der Waals surface area contributed by atoms with Gasteiger partial charge in [0.2, 0.25) is 0 Å². The quantitative estimate of drug-likeness (QED) is 0.403. The SMILES string of the molecule is Cc1c(N)cc(F)cc1C=CCCNC(=O)OCC1c2ccccc2-c2ccccc21. The summed E-state index contributed by atoms with van der Waals surface area (Å²) in [4.78, 5) is 12.2. The number of fused-ring (bicyclic) bond motifs is 3. The molecule has 3 N–H and O–H groups in total. The fourth-order valence-corrected chi connectivity index (χ4v) is 4.01. The largest absolute Gasteiger partial charge is 0.449 e. The van der Waals surface area contributed by atoms with Gasteiger partial charge in [-0.25, -0.2) is 9.18 Å². The van der Waals surface area contributed by atoms with Crippen molar-refractivity contribution in [3.05, 3.63) is 94.8 Å². The maximum absolute atomic E-state index is 13.5. The summed E-state index contributed by atoms with van der Waals surface area (Å²) < 4.78 is 19.0. The Kier molecular flexibility index (Phi) is 6.03. The number of amides is 1. The molecular weight excluding hydrogens is 391 g/mol. The molecule has 3 aromatic rings. The highest BCUT2D eigenvalue weighted by Crippen LogP contribution is 2.44. The summed E-state index contributed by atoms with van der Waals surface area (Å²) in [6.07, 6.45) is 3.85. The van der Waals surface area contributed by atoms with Crippen LogP contribution in [-0.4, -0.2) is 19.2 Å². The van der Waals surface area contributed by atoms with Gasteiger partial charge in [0, 0.05) is 18.2 Å². The molecule has 0 unspecified atom stereocenters. The lowest BCUT2D eigenvalue weighted by molar-refractivity contribution is 0.143. The highest BCUT2D eigenvalue weighted by molar-refractivity contribution is 5.79. The molecule has 1 amide bonds. The minimum absolute atomic E-state index is 0.0412. The average Bonchev–Trinajstić information content (AvgIpc) is 3.09. The van der Waals surface area contributed by atoms with E-state index in [-0.39, 0.29) is 18.3 Å². The van der Waals surface area contributed by atoms with Crippen molar-refractivity contribution in [1.82, 2.24) is 5.32 Å². The number of hydrogen-bond donors (Lipinski definition) is 2. The molecule has 0 heterocycles. The first-order valence-electron chi connectivity index (χ1n) is 10.4. The lowest BCUT2D eigenvalue weighted by Crippen LogP contribution is -2.26. The second-order valence-electron chi connectivity index (χ2n) is 7.65. The molecule has 0 spiro atoms. The third kappa shape index (κ3) is 4.45. The van der Waals surface area contributed by atoms with E-state index in [0.29, 0.717) is 18.7 Å². The van der Waals surface area contributed by atoms with Gasteiger partial charge in [-0.15, -0.1) is 0 Å². The highest BCUT2D eigenvalue weighted by Gasteiger charge is 2.28. The van der Waals surface area contributed by atoms with E-state index in [1.54, 1.807) is 0 Å². The van der Waals surface area contributed by atoms with Gasteiger partial charge in [0.05, 0.1) is 0 Å². The van der Waals surface area contributed by atoms with E-state index in [2.05, 4.69) is 29.6 Å². The smallest absolute Gasteiger partial charge is 0.407 e. The van der Waals surface area contributed by atoms with Gasteiger partial charge in [-0.1, -0.05) is 60.7 Å². The molecular formula is C26H25FN2O2. The van der Waals surface area contributed by atoms with Crippen LogP contribution >= 0.6 is 0 Å². The summed E-state index contributed by atoms with van der Waals surface area (Å²) in [6.45, 7) is 2.57. The number of carbonyl (C=O) groups excluding carboxylic acids is 1. The molecule has 0 bridgehead atoms. The lowest BCUT2D eigenvalue weighted by Gasteiger charge is -2.14. The molecule has 0 saturated carbocycles. The molecule has 31 heavy (non-hydrogen) atoms. The van der Waals surface area contributed by atoms with E-state index in [9.17, 15) is 9.18 Å². The number of nitrogens with one attached hydrogen (secondary N) is 1. The zero-order valence-corrected chi connectivity index (χ0v) is 17.4. The van der Waals surface area contributed by atoms with Crippen molar-refractivity contribution >= 4 is 17.9 Å². The fraction of sp³-hybridized carbons (Fsp3) is 0.192. The molecule has 4 nitrogen and oxygen atoms in total. The second-order valence-corrected chi connectivity index (χ2v) is 7.65. The van der Waals surface area contributed by atoms with Crippen LogP contribution in [0.5, 0.6) is 0 Å². The molecule has 3 aromatic carbocycles. The summed E-state index contributed by atoms with van der Waals surface area (Å²) in [5, 5.41) is 2.77. The number of alkyl carbamates (subject to hydrolysis) is 1. The van der Waals surface area contributed by atoms with Crippen LogP contribution in [0.4, 0.5) is 14.9 Å².